The largest absolute Gasteiger partial charge is 0.0654 e. The van der Waals surface area contributed by atoms with Crippen molar-refractivity contribution in [2.45, 2.75) is 188 Å². The fourth-order valence-corrected chi connectivity index (χ4v) is 4.96. The predicted molar refractivity (Wildman–Crippen MR) is 141 cm³/mol. The first-order chi connectivity index (χ1) is 14.8. The van der Waals surface area contributed by atoms with Crippen molar-refractivity contribution >= 4 is 0 Å². The van der Waals surface area contributed by atoms with Crippen LogP contribution in [0.25, 0.3) is 0 Å². The average molecular weight is 423 g/mol. The Hall–Kier alpha value is 0. The van der Waals surface area contributed by atoms with E-state index in [2.05, 4.69) is 20.8 Å². The maximum Gasteiger partial charge on any atom is -0.0414 e. The summed E-state index contributed by atoms with van der Waals surface area (Å²) in [6.45, 7) is 6.97. The maximum absolute atomic E-state index is 2.33. The van der Waals surface area contributed by atoms with Crippen molar-refractivity contribution in [1.82, 2.24) is 0 Å². The highest BCUT2D eigenvalue weighted by Crippen LogP contribution is 2.24. The first-order valence-corrected chi connectivity index (χ1v) is 14.8. The van der Waals surface area contributed by atoms with Crippen LogP contribution >= 0.6 is 0 Å². The predicted octanol–water partition coefficient (Wildman–Crippen LogP) is 11.8. The van der Waals surface area contributed by atoms with Gasteiger partial charge in [0.15, 0.2) is 0 Å². The lowest BCUT2D eigenvalue weighted by atomic mass is 9.89. The van der Waals surface area contributed by atoms with E-state index in [9.17, 15) is 0 Å². The van der Waals surface area contributed by atoms with Gasteiger partial charge < -0.3 is 0 Å². The Morgan fingerprint density at radius 2 is 0.467 bits per heavy atom. The van der Waals surface area contributed by atoms with Crippen LogP contribution in [0.5, 0.6) is 0 Å². The number of rotatable bonds is 26. The Morgan fingerprint density at radius 1 is 0.267 bits per heavy atom. The number of hydrogen-bond acceptors (Lipinski definition) is 0. The molecule has 0 spiro atoms. The summed E-state index contributed by atoms with van der Waals surface area (Å²) in [5.41, 5.74) is 0. The Kier molecular flexibility index (Phi) is 27.0. The van der Waals surface area contributed by atoms with Gasteiger partial charge >= 0.3 is 0 Å². The molecule has 0 aliphatic rings. The van der Waals surface area contributed by atoms with E-state index in [4.69, 9.17) is 0 Å². The molecular formula is C30H62. The third kappa shape index (κ3) is 24.3. The van der Waals surface area contributed by atoms with Gasteiger partial charge in [-0.2, -0.15) is 0 Å². The molecule has 0 aromatic rings. The zero-order chi connectivity index (χ0) is 22.0. The zero-order valence-corrected chi connectivity index (χ0v) is 22.0. The third-order valence-corrected chi connectivity index (χ3v) is 7.15. The molecule has 0 amide bonds. The average Bonchev–Trinajstić information content (AvgIpc) is 2.76. The van der Waals surface area contributed by atoms with Crippen LogP contribution < -0.4 is 0 Å². The van der Waals surface area contributed by atoms with Gasteiger partial charge in [-0.3, -0.25) is 0 Å². The lowest BCUT2D eigenvalue weighted by Gasteiger charge is -2.17. The zero-order valence-electron chi connectivity index (χ0n) is 22.0. The minimum Gasteiger partial charge on any atom is -0.0654 e. The van der Waals surface area contributed by atoms with Crippen LogP contribution in [0.4, 0.5) is 0 Å². The first-order valence-electron chi connectivity index (χ1n) is 14.8. The van der Waals surface area contributed by atoms with E-state index in [1.165, 1.54) is 167 Å². The fraction of sp³-hybridized carbons (Fsp3) is 1.00. The van der Waals surface area contributed by atoms with Crippen molar-refractivity contribution in [2.24, 2.45) is 5.92 Å². The second kappa shape index (κ2) is 27.0. The first kappa shape index (κ1) is 30.0. The Bertz CT molecular complexity index is 270. The van der Waals surface area contributed by atoms with Crippen LogP contribution in [0, 0.1) is 5.92 Å². The van der Waals surface area contributed by atoms with Gasteiger partial charge in [0.1, 0.15) is 0 Å². The lowest BCUT2D eigenvalue weighted by Crippen LogP contribution is -2.01. The van der Waals surface area contributed by atoms with Crippen LogP contribution in [0.2, 0.25) is 0 Å². The minimum atomic E-state index is 1.04. The fourth-order valence-electron chi connectivity index (χ4n) is 4.96. The van der Waals surface area contributed by atoms with E-state index < -0.39 is 0 Å². The molecule has 30 heavy (non-hydrogen) atoms. The molecule has 0 fully saturated rings. The van der Waals surface area contributed by atoms with E-state index in [1.807, 2.05) is 0 Å². The van der Waals surface area contributed by atoms with Gasteiger partial charge in [0.2, 0.25) is 0 Å². The molecule has 0 rings (SSSR count). The van der Waals surface area contributed by atoms with Crippen LogP contribution in [0.1, 0.15) is 188 Å². The molecular weight excluding hydrogens is 360 g/mol. The van der Waals surface area contributed by atoms with Crippen molar-refractivity contribution in [3.63, 3.8) is 0 Å². The molecule has 182 valence electrons. The standard InChI is InChI=1S/C30H62/c1-4-7-10-13-14-15-16-17-18-19-20-21-22-23-26-29-30(27-24-11-8-5-2)28-25-12-9-6-3/h30H,4-29H2,1-3H3. The van der Waals surface area contributed by atoms with Crippen LogP contribution in [-0.2, 0) is 0 Å². The minimum absolute atomic E-state index is 1.04. The van der Waals surface area contributed by atoms with Crippen LogP contribution in [0.15, 0.2) is 0 Å². The Morgan fingerprint density at radius 3 is 0.733 bits per heavy atom. The molecule has 0 heterocycles. The molecule has 0 saturated heterocycles. The second-order valence-corrected chi connectivity index (χ2v) is 10.3. The van der Waals surface area contributed by atoms with Gasteiger partial charge in [-0.1, -0.05) is 188 Å². The monoisotopic (exact) mass is 422 g/mol. The normalized spacial score (nSPS) is 11.6. The molecule has 0 heteroatoms. The van der Waals surface area contributed by atoms with E-state index in [0.717, 1.165) is 5.92 Å². The Balaban J connectivity index is 3.47. The smallest absolute Gasteiger partial charge is 0.0414 e. The van der Waals surface area contributed by atoms with Crippen molar-refractivity contribution in [3.05, 3.63) is 0 Å². The molecule has 0 unspecified atom stereocenters. The molecule has 0 radical (unpaired) electrons. The second-order valence-electron chi connectivity index (χ2n) is 10.3. The number of hydrogen-bond donors (Lipinski definition) is 0. The quantitative estimate of drug-likeness (QED) is 0.122. The molecule has 0 nitrogen and oxygen atoms in total. The van der Waals surface area contributed by atoms with Gasteiger partial charge in [0.05, 0.1) is 0 Å². The summed E-state index contributed by atoms with van der Waals surface area (Å²) < 4.78 is 0. The van der Waals surface area contributed by atoms with Crippen molar-refractivity contribution < 1.29 is 0 Å². The third-order valence-electron chi connectivity index (χ3n) is 7.15. The summed E-state index contributed by atoms with van der Waals surface area (Å²) >= 11 is 0. The van der Waals surface area contributed by atoms with Gasteiger partial charge in [0.25, 0.3) is 0 Å². The van der Waals surface area contributed by atoms with Gasteiger partial charge in [-0.25, -0.2) is 0 Å². The SMILES string of the molecule is CCCCCCCCCCCCCCCCCC(CCCCCC)CCCCCC. The van der Waals surface area contributed by atoms with Crippen LogP contribution in [0.3, 0.4) is 0 Å². The molecule has 0 aliphatic heterocycles. The van der Waals surface area contributed by atoms with E-state index in [1.54, 1.807) is 0 Å². The molecule has 0 aromatic carbocycles. The summed E-state index contributed by atoms with van der Waals surface area (Å²) in [6.07, 6.45) is 38.3. The molecule has 0 aliphatic carbocycles. The van der Waals surface area contributed by atoms with Gasteiger partial charge in [-0.15, -0.1) is 0 Å². The Labute approximate surface area is 193 Å². The summed E-state index contributed by atoms with van der Waals surface area (Å²) in [6, 6.07) is 0. The summed E-state index contributed by atoms with van der Waals surface area (Å²) in [7, 11) is 0. The van der Waals surface area contributed by atoms with Crippen molar-refractivity contribution in [1.29, 1.82) is 0 Å². The highest BCUT2D eigenvalue weighted by molar-refractivity contribution is 4.62. The van der Waals surface area contributed by atoms with E-state index >= 15 is 0 Å². The maximum atomic E-state index is 2.33. The van der Waals surface area contributed by atoms with Crippen molar-refractivity contribution in [3.8, 4) is 0 Å². The molecule has 0 bridgehead atoms. The van der Waals surface area contributed by atoms with Gasteiger partial charge in [-0.05, 0) is 5.92 Å². The molecule has 0 aromatic heterocycles. The van der Waals surface area contributed by atoms with Crippen molar-refractivity contribution in [2.75, 3.05) is 0 Å². The highest BCUT2D eigenvalue weighted by atomic mass is 14.1. The molecule has 0 atom stereocenters. The topological polar surface area (TPSA) is 0 Å². The molecule has 0 saturated carbocycles. The lowest BCUT2D eigenvalue weighted by molar-refractivity contribution is 0.367. The van der Waals surface area contributed by atoms with Crippen LogP contribution in [-0.4, -0.2) is 0 Å². The van der Waals surface area contributed by atoms with E-state index in [-0.39, 0.29) is 0 Å². The summed E-state index contributed by atoms with van der Waals surface area (Å²) in [5.74, 6) is 1.04. The summed E-state index contributed by atoms with van der Waals surface area (Å²) in [5, 5.41) is 0. The summed E-state index contributed by atoms with van der Waals surface area (Å²) in [4.78, 5) is 0. The van der Waals surface area contributed by atoms with Gasteiger partial charge in [0, 0.05) is 0 Å². The van der Waals surface area contributed by atoms with E-state index in [0.29, 0.717) is 0 Å². The molecule has 0 N–H and O–H groups in total. The highest BCUT2D eigenvalue weighted by Gasteiger charge is 2.08. The number of unbranched alkanes of at least 4 members (excludes halogenated alkanes) is 20.